The fraction of sp³-hybridized carbons (Fsp3) is 0.900. The summed E-state index contributed by atoms with van der Waals surface area (Å²) in [5.41, 5.74) is 0. The van der Waals surface area contributed by atoms with Crippen LogP contribution in [0.1, 0.15) is 26.7 Å². The molecule has 3 nitrogen and oxygen atoms in total. The lowest BCUT2D eigenvalue weighted by Crippen LogP contribution is -2.57. The molecule has 0 spiro atoms. The van der Waals surface area contributed by atoms with E-state index in [4.69, 9.17) is 0 Å². The molecule has 0 N–H and O–H groups in total. The molecule has 2 aliphatic heterocycles. The molecule has 0 radical (unpaired) electrons. The second kappa shape index (κ2) is 2.98. The van der Waals surface area contributed by atoms with E-state index in [1.165, 1.54) is 6.42 Å². The number of hydrogen-bond donors (Lipinski definition) is 0. The van der Waals surface area contributed by atoms with Gasteiger partial charge in [-0.05, 0) is 26.7 Å². The van der Waals surface area contributed by atoms with Crippen LogP contribution in [0, 0.1) is 0 Å². The SMILES string of the molecule is CC(C)N1C2CCC1C(=O)N(C)C2. The number of likely N-dealkylation sites (N-methyl/N-ethyl adjacent to an activating group) is 1. The fourth-order valence-electron chi connectivity index (χ4n) is 2.78. The Bertz CT molecular complexity index is 227. The van der Waals surface area contributed by atoms with Crippen LogP contribution in [0.5, 0.6) is 0 Å². The molecule has 2 heterocycles. The summed E-state index contributed by atoms with van der Waals surface area (Å²) < 4.78 is 0. The highest BCUT2D eigenvalue weighted by Gasteiger charge is 2.44. The molecule has 2 rings (SSSR count). The Labute approximate surface area is 79.7 Å². The summed E-state index contributed by atoms with van der Waals surface area (Å²) in [5, 5.41) is 0. The minimum absolute atomic E-state index is 0.184. The number of carbonyl (C=O) groups is 1. The van der Waals surface area contributed by atoms with Crippen LogP contribution in [-0.4, -0.2) is 47.4 Å². The molecular weight excluding hydrogens is 164 g/mol. The third kappa shape index (κ3) is 1.26. The zero-order chi connectivity index (χ0) is 9.59. The molecule has 74 valence electrons. The third-order valence-electron chi connectivity index (χ3n) is 3.30. The molecule has 0 aromatic rings. The van der Waals surface area contributed by atoms with Gasteiger partial charge in [0.15, 0.2) is 0 Å². The lowest BCUT2D eigenvalue weighted by atomic mass is 10.1. The zero-order valence-corrected chi connectivity index (χ0v) is 8.66. The van der Waals surface area contributed by atoms with Crippen LogP contribution in [0.25, 0.3) is 0 Å². The number of hydrogen-bond acceptors (Lipinski definition) is 2. The molecule has 0 aliphatic carbocycles. The van der Waals surface area contributed by atoms with Crippen molar-refractivity contribution >= 4 is 5.91 Å². The van der Waals surface area contributed by atoms with Gasteiger partial charge in [0.2, 0.25) is 5.91 Å². The van der Waals surface area contributed by atoms with E-state index in [2.05, 4.69) is 18.7 Å². The maximum atomic E-state index is 11.8. The van der Waals surface area contributed by atoms with E-state index in [0.29, 0.717) is 18.0 Å². The molecular formula is C10H18N2O. The van der Waals surface area contributed by atoms with Crippen molar-refractivity contribution in [3.63, 3.8) is 0 Å². The summed E-state index contributed by atoms with van der Waals surface area (Å²) >= 11 is 0. The molecule has 3 heteroatoms. The number of fused-ring (bicyclic) bond motifs is 2. The van der Waals surface area contributed by atoms with E-state index >= 15 is 0 Å². The molecule has 2 aliphatic rings. The monoisotopic (exact) mass is 182 g/mol. The van der Waals surface area contributed by atoms with Gasteiger partial charge in [0.25, 0.3) is 0 Å². The van der Waals surface area contributed by atoms with E-state index in [1.54, 1.807) is 0 Å². The Morgan fingerprint density at radius 1 is 1.38 bits per heavy atom. The highest BCUT2D eigenvalue weighted by molar-refractivity contribution is 5.83. The molecule has 13 heavy (non-hydrogen) atoms. The highest BCUT2D eigenvalue weighted by Crippen LogP contribution is 2.31. The van der Waals surface area contributed by atoms with Gasteiger partial charge in [0, 0.05) is 25.7 Å². The van der Waals surface area contributed by atoms with Crippen molar-refractivity contribution in [1.29, 1.82) is 0 Å². The molecule has 1 amide bonds. The smallest absolute Gasteiger partial charge is 0.239 e. The Morgan fingerprint density at radius 2 is 2.08 bits per heavy atom. The maximum Gasteiger partial charge on any atom is 0.239 e. The van der Waals surface area contributed by atoms with E-state index in [-0.39, 0.29) is 6.04 Å². The Hall–Kier alpha value is -0.570. The molecule has 0 aromatic carbocycles. The molecule has 0 aromatic heterocycles. The lowest BCUT2D eigenvalue weighted by Gasteiger charge is -2.41. The summed E-state index contributed by atoms with van der Waals surface area (Å²) in [5.74, 6) is 0.322. The maximum absolute atomic E-state index is 11.8. The summed E-state index contributed by atoms with van der Waals surface area (Å²) in [4.78, 5) is 16.1. The molecule has 2 saturated heterocycles. The van der Waals surface area contributed by atoms with Crippen molar-refractivity contribution in [3.8, 4) is 0 Å². The minimum Gasteiger partial charge on any atom is -0.343 e. The summed E-state index contributed by atoms with van der Waals surface area (Å²) in [6.07, 6.45) is 2.25. The molecule has 2 unspecified atom stereocenters. The topological polar surface area (TPSA) is 23.6 Å². The van der Waals surface area contributed by atoms with Crippen LogP contribution in [0.2, 0.25) is 0 Å². The average molecular weight is 182 g/mol. The van der Waals surface area contributed by atoms with Crippen molar-refractivity contribution < 1.29 is 4.79 Å². The second-order valence-corrected chi connectivity index (χ2v) is 4.51. The van der Waals surface area contributed by atoms with E-state index in [9.17, 15) is 4.79 Å². The van der Waals surface area contributed by atoms with Gasteiger partial charge in [-0.15, -0.1) is 0 Å². The molecule has 2 fully saturated rings. The van der Waals surface area contributed by atoms with Crippen molar-refractivity contribution in [1.82, 2.24) is 9.80 Å². The average Bonchev–Trinajstić information content (AvgIpc) is 2.40. The van der Waals surface area contributed by atoms with Crippen molar-refractivity contribution in [2.45, 2.75) is 44.8 Å². The van der Waals surface area contributed by atoms with Gasteiger partial charge >= 0.3 is 0 Å². The highest BCUT2D eigenvalue weighted by atomic mass is 16.2. The van der Waals surface area contributed by atoms with Gasteiger partial charge < -0.3 is 4.90 Å². The Kier molecular flexibility index (Phi) is 2.06. The van der Waals surface area contributed by atoms with Gasteiger partial charge in [-0.25, -0.2) is 0 Å². The lowest BCUT2D eigenvalue weighted by molar-refractivity contribution is -0.141. The first-order valence-electron chi connectivity index (χ1n) is 5.13. The largest absolute Gasteiger partial charge is 0.343 e. The van der Waals surface area contributed by atoms with Crippen LogP contribution >= 0.6 is 0 Å². The first kappa shape index (κ1) is 9.00. The number of carbonyl (C=O) groups excluding carboxylic acids is 1. The predicted molar refractivity (Wildman–Crippen MR) is 51.4 cm³/mol. The van der Waals surface area contributed by atoms with Gasteiger partial charge in [-0.3, -0.25) is 9.69 Å². The summed E-state index contributed by atoms with van der Waals surface area (Å²) in [6, 6.07) is 1.31. The zero-order valence-electron chi connectivity index (χ0n) is 8.66. The van der Waals surface area contributed by atoms with Crippen LogP contribution < -0.4 is 0 Å². The van der Waals surface area contributed by atoms with Crippen molar-refractivity contribution in [2.24, 2.45) is 0 Å². The van der Waals surface area contributed by atoms with Crippen molar-refractivity contribution in [3.05, 3.63) is 0 Å². The Balaban J connectivity index is 2.21. The predicted octanol–water partition coefficient (Wildman–Crippen LogP) is 0.700. The number of amides is 1. The quantitative estimate of drug-likeness (QED) is 0.596. The van der Waals surface area contributed by atoms with Gasteiger partial charge in [0.05, 0.1) is 6.04 Å². The van der Waals surface area contributed by atoms with Crippen LogP contribution in [-0.2, 0) is 4.79 Å². The number of piperazine rings is 1. The number of nitrogens with zero attached hydrogens (tertiary/aromatic N) is 2. The number of rotatable bonds is 1. The number of likely N-dealkylation sites (tertiary alicyclic amines) is 1. The normalized spacial score (nSPS) is 34.8. The Morgan fingerprint density at radius 3 is 2.69 bits per heavy atom. The minimum atomic E-state index is 0.184. The van der Waals surface area contributed by atoms with Gasteiger partial charge in [-0.2, -0.15) is 0 Å². The summed E-state index contributed by atoms with van der Waals surface area (Å²) in [6.45, 7) is 5.29. The van der Waals surface area contributed by atoms with Crippen LogP contribution in [0.4, 0.5) is 0 Å². The molecule has 2 bridgehead atoms. The fourth-order valence-corrected chi connectivity index (χ4v) is 2.78. The van der Waals surface area contributed by atoms with Crippen molar-refractivity contribution in [2.75, 3.05) is 13.6 Å². The molecule has 2 atom stereocenters. The standard InChI is InChI=1S/C10H18N2O/c1-7(2)12-8-4-5-9(12)10(13)11(3)6-8/h7-9H,4-6H2,1-3H3. The second-order valence-electron chi connectivity index (χ2n) is 4.51. The first-order valence-corrected chi connectivity index (χ1v) is 5.13. The van der Waals surface area contributed by atoms with E-state index in [1.807, 2.05) is 11.9 Å². The summed E-state index contributed by atoms with van der Waals surface area (Å²) in [7, 11) is 1.92. The van der Waals surface area contributed by atoms with Gasteiger partial charge in [-0.1, -0.05) is 0 Å². The van der Waals surface area contributed by atoms with E-state index < -0.39 is 0 Å². The van der Waals surface area contributed by atoms with Gasteiger partial charge in [0.1, 0.15) is 0 Å². The first-order chi connectivity index (χ1) is 6.11. The van der Waals surface area contributed by atoms with E-state index in [0.717, 1.165) is 13.0 Å². The van der Waals surface area contributed by atoms with Crippen LogP contribution in [0.15, 0.2) is 0 Å². The molecule has 0 saturated carbocycles. The van der Waals surface area contributed by atoms with Crippen LogP contribution in [0.3, 0.4) is 0 Å². The third-order valence-corrected chi connectivity index (χ3v) is 3.30.